The van der Waals surface area contributed by atoms with Crippen LogP contribution in [-0.4, -0.2) is 42.8 Å². The molecular formula is C23H26ClF3N2O4S. The van der Waals surface area contributed by atoms with Gasteiger partial charge in [0.15, 0.2) is 5.78 Å². The molecule has 1 heterocycles. The summed E-state index contributed by atoms with van der Waals surface area (Å²) >= 11 is 5.79. The maximum atomic E-state index is 14.9. The molecule has 0 aromatic heterocycles. The number of alkyl halides is 3. The summed E-state index contributed by atoms with van der Waals surface area (Å²) in [6.07, 6.45) is -2.17. The minimum absolute atomic E-state index is 0.00530. The van der Waals surface area contributed by atoms with E-state index in [4.69, 9.17) is 11.6 Å². The Labute approximate surface area is 201 Å². The maximum Gasteiger partial charge on any atom is 0.421 e. The van der Waals surface area contributed by atoms with Gasteiger partial charge in [0.05, 0.1) is 10.5 Å². The first kappa shape index (κ1) is 25.2. The summed E-state index contributed by atoms with van der Waals surface area (Å²) in [6, 6.07) is 4.03. The highest BCUT2D eigenvalue weighted by atomic mass is 35.5. The Kier molecular flexibility index (Phi) is 6.18. The average Bonchev–Trinajstić information content (AvgIpc) is 2.96. The normalized spacial score (nSPS) is 26.2. The van der Waals surface area contributed by atoms with Crippen LogP contribution in [0.5, 0.6) is 0 Å². The summed E-state index contributed by atoms with van der Waals surface area (Å²) in [5.74, 6) is -2.31. The van der Waals surface area contributed by atoms with E-state index in [1.165, 1.54) is 12.1 Å². The van der Waals surface area contributed by atoms with Crippen LogP contribution >= 0.6 is 11.6 Å². The van der Waals surface area contributed by atoms with Gasteiger partial charge in [-0.25, -0.2) is 8.42 Å². The standard InChI is InChI=1S/C23H26ClF3N2O4S/c1-21(2)12-17-19(18(30)13-21)22(23(25,26)27,20(31)29(17)15-6-4-3-5-7-15)28-34(32,33)16-10-8-14(24)9-11-16/h8-11,15,28H,3-7,12-13H2,1-2H3/t22-/m1/s1. The quantitative estimate of drug-likeness (QED) is 0.624. The number of Topliss-reactive ketones (excluding diaryl/α,β-unsaturated/α-hetero) is 1. The van der Waals surface area contributed by atoms with Gasteiger partial charge in [-0.3, -0.25) is 9.59 Å². The number of allylic oxidation sites excluding steroid dienone is 1. The second kappa shape index (κ2) is 8.34. The highest BCUT2D eigenvalue weighted by molar-refractivity contribution is 7.89. The van der Waals surface area contributed by atoms with Crippen molar-refractivity contribution in [1.82, 2.24) is 9.62 Å². The van der Waals surface area contributed by atoms with E-state index in [2.05, 4.69) is 0 Å². The molecule has 1 saturated carbocycles. The number of hydrogen-bond acceptors (Lipinski definition) is 4. The van der Waals surface area contributed by atoms with E-state index in [1.807, 2.05) is 0 Å². The van der Waals surface area contributed by atoms with Crippen molar-refractivity contribution in [1.29, 1.82) is 0 Å². The van der Waals surface area contributed by atoms with E-state index in [0.29, 0.717) is 12.8 Å². The largest absolute Gasteiger partial charge is 0.421 e. The van der Waals surface area contributed by atoms with Crippen molar-refractivity contribution in [3.8, 4) is 0 Å². The highest BCUT2D eigenvalue weighted by Gasteiger charge is 2.72. The predicted octanol–water partition coefficient (Wildman–Crippen LogP) is 4.74. The van der Waals surface area contributed by atoms with Crippen LogP contribution in [0.25, 0.3) is 0 Å². The Bertz CT molecular complexity index is 1160. The number of halogens is 4. The number of amides is 1. The van der Waals surface area contributed by atoms with Gasteiger partial charge in [-0.05, 0) is 48.9 Å². The van der Waals surface area contributed by atoms with Crippen LogP contribution in [0.4, 0.5) is 13.2 Å². The van der Waals surface area contributed by atoms with Gasteiger partial charge < -0.3 is 4.90 Å². The smallest absolute Gasteiger partial charge is 0.310 e. The molecule has 1 aromatic rings. The van der Waals surface area contributed by atoms with Crippen molar-refractivity contribution < 1.29 is 31.2 Å². The molecule has 1 atom stereocenters. The van der Waals surface area contributed by atoms with E-state index in [0.717, 1.165) is 36.3 Å². The highest BCUT2D eigenvalue weighted by Crippen LogP contribution is 2.53. The molecule has 1 fully saturated rings. The first-order chi connectivity index (χ1) is 15.7. The molecule has 0 saturated heterocycles. The average molecular weight is 519 g/mol. The summed E-state index contributed by atoms with van der Waals surface area (Å²) in [6.45, 7) is 3.51. The fraction of sp³-hybridized carbons (Fsp3) is 0.565. The number of ketones is 1. The van der Waals surface area contributed by atoms with Gasteiger partial charge in [0.1, 0.15) is 0 Å². The number of benzene rings is 1. The summed E-state index contributed by atoms with van der Waals surface area (Å²) in [7, 11) is -4.85. The summed E-state index contributed by atoms with van der Waals surface area (Å²) in [5.41, 5.74) is -5.13. The van der Waals surface area contributed by atoms with Crippen LogP contribution < -0.4 is 4.72 Å². The zero-order valence-electron chi connectivity index (χ0n) is 18.8. The van der Waals surface area contributed by atoms with Crippen LogP contribution in [0.15, 0.2) is 40.4 Å². The lowest BCUT2D eigenvalue weighted by atomic mass is 9.72. The number of nitrogens with zero attached hydrogens (tertiary/aromatic N) is 1. The molecule has 3 aliphatic rings. The van der Waals surface area contributed by atoms with Crippen LogP contribution in [0.1, 0.15) is 58.8 Å². The topological polar surface area (TPSA) is 83.6 Å². The summed E-state index contributed by atoms with van der Waals surface area (Å²) < 4.78 is 72.5. The lowest BCUT2D eigenvalue weighted by Crippen LogP contribution is -2.66. The van der Waals surface area contributed by atoms with Gasteiger partial charge in [-0.1, -0.05) is 44.7 Å². The fourth-order valence-electron chi connectivity index (χ4n) is 5.34. The molecule has 1 N–H and O–H groups in total. The van der Waals surface area contributed by atoms with Crippen LogP contribution in [0.2, 0.25) is 5.02 Å². The Balaban J connectivity index is 1.92. The molecule has 0 radical (unpaired) electrons. The molecule has 186 valence electrons. The molecule has 1 amide bonds. The third kappa shape index (κ3) is 4.07. The zero-order valence-corrected chi connectivity index (χ0v) is 20.4. The Hall–Kier alpha value is -1.91. The van der Waals surface area contributed by atoms with Crippen LogP contribution in [-0.2, 0) is 19.6 Å². The maximum absolute atomic E-state index is 14.9. The number of carbonyl (C=O) groups excluding carboxylic acids is 2. The van der Waals surface area contributed by atoms with E-state index < -0.39 is 55.4 Å². The number of nitrogens with one attached hydrogen (secondary N) is 1. The molecule has 0 unspecified atom stereocenters. The first-order valence-electron chi connectivity index (χ1n) is 11.2. The van der Waals surface area contributed by atoms with Crippen LogP contribution in [0, 0.1) is 5.41 Å². The molecule has 6 nitrogen and oxygen atoms in total. The molecule has 34 heavy (non-hydrogen) atoms. The Morgan fingerprint density at radius 3 is 2.18 bits per heavy atom. The van der Waals surface area contributed by atoms with Crippen LogP contribution in [0.3, 0.4) is 0 Å². The molecule has 0 spiro atoms. The zero-order chi connectivity index (χ0) is 25.1. The second-order valence-electron chi connectivity index (χ2n) is 10.0. The van der Waals surface area contributed by atoms with E-state index >= 15 is 0 Å². The van der Waals surface area contributed by atoms with E-state index in [9.17, 15) is 31.2 Å². The van der Waals surface area contributed by atoms with Crippen molar-refractivity contribution in [2.45, 2.75) is 81.4 Å². The lowest BCUT2D eigenvalue weighted by molar-refractivity contribution is -0.189. The van der Waals surface area contributed by atoms with Crippen molar-refractivity contribution in [2.75, 3.05) is 0 Å². The SMILES string of the molecule is CC1(C)CC(=O)C2=C(C1)N(C1CCCCC1)C(=O)[C@@]2(NS(=O)(=O)c1ccc(Cl)cc1)C(F)(F)F. The van der Waals surface area contributed by atoms with Gasteiger partial charge in [-0.15, -0.1) is 0 Å². The third-order valence-corrected chi connectivity index (χ3v) is 8.55. The first-order valence-corrected chi connectivity index (χ1v) is 13.0. The molecule has 1 aromatic carbocycles. The number of hydrogen-bond donors (Lipinski definition) is 1. The molecular weight excluding hydrogens is 493 g/mol. The number of rotatable bonds is 4. The monoisotopic (exact) mass is 518 g/mol. The second-order valence-corrected chi connectivity index (χ2v) is 12.2. The summed E-state index contributed by atoms with van der Waals surface area (Å²) in [5, 5.41) is 0.194. The van der Waals surface area contributed by atoms with Gasteiger partial charge in [0.2, 0.25) is 15.6 Å². The molecule has 1 aliphatic heterocycles. The van der Waals surface area contributed by atoms with Crippen molar-refractivity contribution in [3.05, 3.63) is 40.6 Å². The molecule has 4 rings (SSSR count). The van der Waals surface area contributed by atoms with Gasteiger partial charge in [-0.2, -0.15) is 17.9 Å². The third-order valence-electron chi connectivity index (χ3n) is 6.83. The number of carbonyl (C=O) groups is 2. The Morgan fingerprint density at radius 2 is 1.62 bits per heavy atom. The minimum atomic E-state index is -5.38. The van der Waals surface area contributed by atoms with E-state index in [-0.39, 0.29) is 23.6 Å². The van der Waals surface area contributed by atoms with Gasteiger partial charge in [0, 0.05) is 23.2 Å². The molecule has 0 bridgehead atoms. The van der Waals surface area contributed by atoms with Crippen molar-refractivity contribution >= 4 is 33.3 Å². The fourth-order valence-corrected chi connectivity index (χ4v) is 6.79. The van der Waals surface area contributed by atoms with Gasteiger partial charge >= 0.3 is 6.18 Å². The molecule has 11 heteroatoms. The molecule has 2 aliphatic carbocycles. The lowest BCUT2D eigenvalue weighted by Gasteiger charge is -2.37. The van der Waals surface area contributed by atoms with Gasteiger partial charge in [0.25, 0.3) is 5.91 Å². The summed E-state index contributed by atoms with van der Waals surface area (Å²) in [4.78, 5) is 27.5. The predicted molar refractivity (Wildman–Crippen MR) is 119 cm³/mol. The van der Waals surface area contributed by atoms with Crippen molar-refractivity contribution in [2.24, 2.45) is 5.41 Å². The van der Waals surface area contributed by atoms with Crippen molar-refractivity contribution in [3.63, 3.8) is 0 Å². The van der Waals surface area contributed by atoms with E-state index in [1.54, 1.807) is 18.6 Å². The minimum Gasteiger partial charge on any atom is -0.310 e. The number of sulfonamides is 1. The Morgan fingerprint density at radius 1 is 1.03 bits per heavy atom.